The van der Waals surface area contributed by atoms with E-state index in [-0.39, 0.29) is 11.2 Å². The zero-order chi connectivity index (χ0) is 18.9. The summed E-state index contributed by atoms with van der Waals surface area (Å²) in [5, 5.41) is 0. The summed E-state index contributed by atoms with van der Waals surface area (Å²) in [5.41, 5.74) is 1.65. The van der Waals surface area contributed by atoms with Gasteiger partial charge in [0.2, 0.25) is 11.2 Å². The number of ether oxygens (including phenoxy) is 1. The number of hydrogen-bond acceptors (Lipinski definition) is 5. The first-order valence-electron chi connectivity index (χ1n) is 9.74. The van der Waals surface area contributed by atoms with Crippen molar-refractivity contribution >= 4 is 0 Å². The molecular weight excluding hydrogens is 340 g/mol. The molecule has 2 aliphatic rings. The fourth-order valence-corrected chi connectivity index (χ4v) is 4.76. The Morgan fingerprint density at radius 1 is 1.22 bits per heavy atom. The van der Waals surface area contributed by atoms with Gasteiger partial charge >= 0.3 is 0 Å². The van der Waals surface area contributed by atoms with Crippen molar-refractivity contribution in [1.29, 1.82) is 0 Å². The Bertz CT molecular complexity index is 825. The number of benzene rings is 1. The predicted molar refractivity (Wildman–Crippen MR) is 105 cm³/mol. The quantitative estimate of drug-likeness (QED) is 0.830. The van der Waals surface area contributed by atoms with Crippen molar-refractivity contribution in [3.8, 4) is 5.75 Å². The van der Waals surface area contributed by atoms with Crippen LogP contribution in [0.15, 0.2) is 51.9 Å². The summed E-state index contributed by atoms with van der Waals surface area (Å²) in [5.74, 6) is 1.59. The van der Waals surface area contributed by atoms with Crippen molar-refractivity contribution in [3.63, 3.8) is 0 Å². The van der Waals surface area contributed by atoms with Gasteiger partial charge < -0.3 is 9.15 Å². The van der Waals surface area contributed by atoms with Crippen LogP contribution in [0.2, 0.25) is 0 Å². The molecule has 1 spiro atoms. The van der Waals surface area contributed by atoms with Crippen LogP contribution < -0.4 is 10.2 Å². The predicted octanol–water partition coefficient (Wildman–Crippen LogP) is 3.10. The van der Waals surface area contributed by atoms with Gasteiger partial charge in [-0.25, -0.2) is 0 Å². The Morgan fingerprint density at radius 3 is 2.63 bits per heavy atom. The molecule has 1 aromatic heterocycles. The summed E-state index contributed by atoms with van der Waals surface area (Å²) in [4.78, 5) is 16.9. The third-order valence-electron chi connectivity index (χ3n) is 6.44. The standard InChI is InChI=1S/C22H28N2O3/c1-23-14-18(17-6-4-3-5-7-17)13-22(23)8-10-24(11-9-22)15-19-12-20(25)21(26-2)16-27-19/h3-7,12,16,18H,8-11,13-15H2,1-2H3. The van der Waals surface area contributed by atoms with E-state index in [4.69, 9.17) is 9.15 Å². The van der Waals surface area contributed by atoms with E-state index < -0.39 is 0 Å². The second kappa shape index (κ2) is 7.49. The molecule has 2 aromatic rings. The van der Waals surface area contributed by atoms with Gasteiger partial charge in [-0.15, -0.1) is 0 Å². The fourth-order valence-electron chi connectivity index (χ4n) is 4.76. The molecule has 2 aliphatic heterocycles. The maximum absolute atomic E-state index is 11.9. The van der Waals surface area contributed by atoms with Crippen molar-refractivity contribution in [2.75, 3.05) is 33.8 Å². The monoisotopic (exact) mass is 368 g/mol. The van der Waals surface area contributed by atoms with Crippen LogP contribution in [0.25, 0.3) is 0 Å². The number of nitrogens with zero attached hydrogens (tertiary/aromatic N) is 2. The van der Waals surface area contributed by atoms with Gasteiger partial charge in [0.05, 0.1) is 13.7 Å². The van der Waals surface area contributed by atoms with Crippen LogP contribution >= 0.6 is 0 Å². The number of methoxy groups -OCH3 is 1. The van der Waals surface area contributed by atoms with Crippen LogP contribution in [0.3, 0.4) is 0 Å². The zero-order valence-corrected chi connectivity index (χ0v) is 16.2. The van der Waals surface area contributed by atoms with Crippen LogP contribution in [-0.2, 0) is 6.54 Å². The molecule has 4 rings (SSSR count). The lowest BCUT2D eigenvalue weighted by atomic mass is 9.81. The first kappa shape index (κ1) is 18.3. The molecule has 0 N–H and O–H groups in total. The molecule has 0 amide bonds. The third-order valence-corrected chi connectivity index (χ3v) is 6.44. The Balaban J connectivity index is 1.38. The summed E-state index contributed by atoms with van der Waals surface area (Å²) in [6, 6.07) is 12.5. The van der Waals surface area contributed by atoms with Crippen molar-refractivity contribution in [1.82, 2.24) is 9.80 Å². The summed E-state index contributed by atoms with van der Waals surface area (Å²) < 4.78 is 10.6. The van der Waals surface area contributed by atoms with E-state index in [9.17, 15) is 4.79 Å². The van der Waals surface area contributed by atoms with Gasteiger partial charge in [-0.2, -0.15) is 0 Å². The van der Waals surface area contributed by atoms with Crippen molar-refractivity contribution in [2.45, 2.75) is 37.3 Å². The molecule has 3 heterocycles. The molecule has 5 nitrogen and oxygen atoms in total. The topological polar surface area (TPSA) is 45.9 Å². The molecule has 27 heavy (non-hydrogen) atoms. The van der Waals surface area contributed by atoms with Crippen LogP contribution in [0, 0.1) is 0 Å². The Labute approximate surface area is 160 Å². The van der Waals surface area contributed by atoms with E-state index in [1.165, 1.54) is 25.4 Å². The second-order valence-electron chi connectivity index (χ2n) is 7.97. The lowest BCUT2D eigenvalue weighted by Gasteiger charge is -2.43. The highest BCUT2D eigenvalue weighted by atomic mass is 16.5. The molecule has 5 heteroatoms. The highest BCUT2D eigenvalue weighted by molar-refractivity contribution is 5.23. The van der Waals surface area contributed by atoms with E-state index in [1.807, 2.05) is 0 Å². The fraction of sp³-hybridized carbons (Fsp3) is 0.500. The van der Waals surface area contributed by atoms with Gasteiger partial charge in [0.1, 0.15) is 12.0 Å². The Morgan fingerprint density at radius 2 is 1.96 bits per heavy atom. The van der Waals surface area contributed by atoms with E-state index in [1.54, 1.807) is 6.07 Å². The zero-order valence-electron chi connectivity index (χ0n) is 16.2. The first-order valence-corrected chi connectivity index (χ1v) is 9.74. The van der Waals surface area contributed by atoms with Gasteiger partial charge in [-0.05, 0) is 37.8 Å². The van der Waals surface area contributed by atoms with Gasteiger partial charge in [0.15, 0.2) is 0 Å². The lowest BCUT2D eigenvalue weighted by molar-refractivity contribution is 0.0638. The van der Waals surface area contributed by atoms with Crippen LogP contribution in [0.5, 0.6) is 5.75 Å². The Kier molecular flexibility index (Phi) is 5.06. The smallest absolute Gasteiger partial charge is 0.227 e. The third kappa shape index (κ3) is 3.66. The number of hydrogen-bond donors (Lipinski definition) is 0. The molecule has 0 radical (unpaired) electrons. The van der Waals surface area contributed by atoms with Crippen LogP contribution in [0.4, 0.5) is 0 Å². The largest absolute Gasteiger partial charge is 0.490 e. The number of likely N-dealkylation sites (tertiary alicyclic amines) is 2. The minimum absolute atomic E-state index is 0.117. The molecule has 0 aliphatic carbocycles. The molecule has 0 bridgehead atoms. The second-order valence-corrected chi connectivity index (χ2v) is 7.97. The summed E-state index contributed by atoms with van der Waals surface area (Å²) in [6.45, 7) is 3.88. The van der Waals surface area contributed by atoms with Crippen molar-refractivity contribution in [3.05, 3.63) is 64.2 Å². The highest BCUT2D eigenvalue weighted by Crippen LogP contribution is 2.44. The minimum Gasteiger partial charge on any atom is -0.490 e. The first-order chi connectivity index (χ1) is 13.1. The van der Waals surface area contributed by atoms with Crippen molar-refractivity contribution in [2.24, 2.45) is 0 Å². The summed E-state index contributed by atoms with van der Waals surface area (Å²) in [6.07, 6.45) is 4.97. The van der Waals surface area contributed by atoms with Crippen LogP contribution in [-0.4, -0.2) is 49.1 Å². The molecule has 2 saturated heterocycles. The number of piperidine rings is 1. The highest BCUT2D eigenvalue weighted by Gasteiger charge is 2.45. The normalized spacial score (nSPS) is 23.0. The molecule has 1 aromatic carbocycles. The van der Waals surface area contributed by atoms with Gasteiger partial charge in [0, 0.05) is 31.2 Å². The van der Waals surface area contributed by atoms with E-state index in [2.05, 4.69) is 47.2 Å². The summed E-state index contributed by atoms with van der Waals surface area (Å²) in [7, 11) is 3.76. The van der Waals surface area contributed by atoms with E-state index in [0.717, 1.165) is 32.5 Å². The molecule has 2 fully saturated rings. The average molecular weight is 368 g/mol. The van der Waals surface area contributed by atoms with E-state index in [0.29, 0.717) is 23.8 Å². The van der Waals surface area contributed by atoms with Gasteiger partial charge in [-0.3, -0.25) is 14.6 Å². The molecule has 144 valence electrons. The van der Waals surface area contributed by atoms with Gasteiger partial charge in [-0.1, -0.05) is 30.3 Å². The summed E-state index contributed by atoms with van der Waals surface area (Å²) >= 11 is 0. The SMILES string of the molecule is COc1coc(CN2CCC3(CC2)CC(c2ccccc2)CN3C)cc1=O. The van der Waals surface area contributed by atoms with Crippen LogP contribution in [0.1, 0.15) is 36.5 Å². The maximum atomic E-state index is 11.9. The minimum atomic E-state index is -0.117. The Hall–Kier alpha value is -2.11. The van der Waals surface area contributed by atoms with Crippen molar-refractivity contribution < 1.29 is 9.15 Å². The van der Waals surface area contributed by atoms with E-state index >= 15 is 0 Å². The average Bonchev–Trinajstić information content (AvgIpc) is 3.01. The molecular formula is C22H28N2O3. The molecule has 0 saturated carbocycles. The maximum Gasteiger partial charge on any atom is 0.227 e. The number of rotatable bonds is 4. The molecule has 1 unspecified atom stereocenters. The lowest BCUT2D eigenvalue weighted by Crippen LogP contribution is -2.50. The number of likely N-dealkylation sites (N-methyl/N-ethyl adjacent to an activating group) is 1. The van der Waals surface area contributed by atoms with Gasteiger partial charge in [0.25, 0.3) is 0 Å². The molecule has 1 atom stereocenters.